The zero-order valence-corrected chi connectivity index (χ0v) is 22.7. The highest BCUT2D eigenvalue weighted by molar-refractivity contribution is 6.74. The van der Waals surface area contributed by atoms with Gasteiger partial charge in [-0.2, -0.15) is 0 Å². The molecule has 3 aliphatic carbocycles. The Hall–Kier alpha value is -0.933. The number of hydrogen-bond acceptors (Lipinski definition) is 2. The number of allylic oxidation sites excluding steroid dienone is 6. The van der Waals surface area contributed by atoms with Gasteiger partial charge in [0.2, 0.25) is 0 Å². The topological polar surface area (TPSA) is 26.3 Å². The van der Waals surface area contributed by atoms with E-state index in [1.807, 2.05) is 0 Å². The van der Waals surface area contributed by atoms with Crippen molar-refractivity contribution in [1.29, 1.82) is 0 Å². The third-order valence-corrected chi connectivity index (χ3v) is 13.3. The molecule has 3 heteroatoms. The fourth-order valence-corrected chi connectivity index (χ4v) is 7.03. The van der Waals surface area contributed by atoms with Gasteiger partial charge in [0.15, 0.2) is 14.1 Å². The summed E-state index contributed by atoms with van der Waals surface area (Å²) in [5.74, 6) is 3.02. The minimum Gasteiger partial charge on any atom is -0.417 e. The van der Waals surface area contributed by atoms with Gasteiger partial charge in [-0.05, 0) is 73.1 Å². The fraction of sp³-hybridized carbons (Fsp3) is 0.759. The molecule has 32 heavy (non-hydrogen) atoms. The molecule has 0 amide bonds. The Balaban J connectivity index is 1.39. The van der Waals surface area contributed by atoms with Crippen molar-refractivity contribution in [3.8, 4) is 0 Å². The molecule has 0 unspecified atom stereocenters. The van der Waals surface area contributed by atoms with Crippen LogP contribution >= 0.6 is 0 Å². The molecule has 0 aromatic heterocycles. The fourth-order valence-electron chi connectivity index (χ4n) is 5.94. The molecule has 0 aromatic rings. The molecule has 0 spiro atoms. The second-order valence-electron chi connectivity index (χ2n) is 12.0. The molecule has 5 atom stereocenters. The van der Waals surface area contributed by atoms with Gasteiger partial charge in [-0.15, -0.1) is 0 Å². The van der Waals surface area contributed by atoms with Gasteiger partial charge in [0.1, 0.15) is 0 Å². The van der Waals surface area contributed by atoms with E-state index in [1.54, 1.807) is 0 Å². The molecule has 2 fully saturated rings. The van der Waals surface area contributed by atoms with Crippen LogP contribution in [-0.4, -0.2) is 20.7 Å². The standard InChI is InChI=1S/C29H48O2Si/c1-7-8-13-17-25-24(26-22-18-19-23(21-22)27(26)28(25)30)16-14-11-9-10-12-15-20-31-32(5,6)29(2,3)4/h8,13,17-19,22-24,26-27H,7,9-12,14-16,20-21H2,1-6H3/b13-8+,25-17+/t22-,23+,24+,26-,27-/m0/s1. The van der Waals surface area contributed by atoms with Crippen LogP contribution in [0.2, 0.25) is 18.1 Å². The lowest BCUT2D eigenvalue weighted by Crippen LogP contribution is -2.40. The van der Waals surface area contributed by atoms with E-state index in [2.05, 4.69) is 71.2 Å². The van der Waals surface area contributed by atoms with Gasteiger partial charge >= 0.3 is 0 Å². The van der Waals surface area contributed by atoms with E-state index in [-0.39, 0.29) is 5.92 Å². The first kappa shape index (κ1) is 25.7. The first-order valence-corrected chi connectivity index (χ1v) is 16.3. The molecule has 0 radical (unpaired) electrons. The summed E-state index contributed by atoms with van der Waals surface area (Å²) in [6.07, 6.45) is 22.3. The van der Waals surface area contributed by atoms with E-state index in [1.165, 1.54) is 51.4 Å². The van der Waals surface area contributed by atoms with Gasteiger partial charge in [-0.3, -0.25) is 4.79 Å². The maximum atomic E-state index is 13.2. The number of Topliss-reactive ketones (excluding diaryl/α,β-unsaturated/α-hetero) is 1. The Labute approximate surface area is 199 Å². The average Bonchev–Trinajstić information content (AvgIpc) is 3.40. The van der Waals surface area contributed by atoms with Crippen molar-refractivity contribution >= 4 is 14.1 Å². The van der Waals surface area contributed by atoms with Crippen LogP contribution in [-0.2, 0) is 9.22 Å². The van der Waals surface area contributed by atoms with Crippen molar-refractivity contribution in [2.24, 2.45) is 29.6 Å². The summed E-state index contributed by atoms with van der Waals surface area (Å²) in [7, 11) is -1.58. The van der Waals surface area contributed by atoms with Crippen molar-refractivity contribution in [3.63, 3.8) is 0 Å². The predicted octanol–water partition coefficient (Wildman–Crippen LogP) is 8.27. The van der Waals surface area contributed by atoms with Gasteiger partial charge in [-0.25, -0.2) is 0 Å². The van der Waals surface area contributed by atoms with E-state index in [4.69, 9.17) is 4.43 Å². The SMILES string of the molecule is CC/C=C/C=C1/C(=O)[C@@H]2[C@H]([C@@H]1CCCCCCCCO[Si](C)(C)C(C)(C)C)[C@H]1C=C[C@@H]2C1. The van der Waals surface area contributed by atoms with Crippen molar-refractivity contribution in [2.75, 3.05) is 6.61 Å². The highest BCUT2D eigenvalue weighted by atomic mass is 28.4. The monoisotopic (exact) mass is 456 g/mol. The Morgan fingerprint density at radius 2 is 1.69 bits per heavy atom. The predicted molar refractivity (Wildman–Crippen MR) is 139 cm³/mol. The molecule has 3 aliphatic rings. The number of hydrogen-bond donors (Lipinski definition) is 0. The molecule has 0 aromatic carbocycles. The second kappa shape index (κ2) is 11.0. The van der Waals surface area contributed by atoms with E-state index in [0.29, 0.717) is 34.5 Å². The van der Waals surface area contributed by atoms with Crippen LogP contribution in [0.5, 0.6) is 0 Å². The summed E-state index contributed by atoms with van der Waals surface area (Å²) in [5, 5.41) is 0.307. The molecule has 0 heterocycles. The Morgan fingerprint density at radius 1 is 1.03 bits per heavy atom. The summed E-state index contributed by atoms with van der Waals surface area (Å²) in [6.45, 7) is 14.7. The van der Waals surface area contributed by atoms with E-state index >= 15 is 0 Å². The largest absolute Gasteiger partial charge is 0.417 e. The summed E-state index contributed by atoms with van der Waals surface area (Å²) in [6, 6.07) is 0. The molecule has 0 saturated heterocycles. The summed E-state index contributed by atoms with van der Waals surface area (Å²) in [4.78, 5) is 13.2. The number of rotatable bonds is 12. The molecule has 3 rings (SSSR count). The third kappa shape index (κ3) is 5.76. The van der Waals surface area contributed by atoms with Crippen LogP contribution in [0.1, 0.15) is 85.5 Å². The minimum absolute atomic E-state index is 0.289. The molecule has 2 nitrogen and oxygen atoms in total. The number of unbranched alkanes of at least 4 members (excludes halogenated alkanes) is 5. The zero-order valence-electron chi connectivity index (χ0n) is 21.7. The van der Waals surface area contributed by atoms with Gasteiger partial charge in [-0.1, -0.05) is 90.2 Å². The van der Waals surface area contributed by atoms with Crippen LogP contribution in [0.3, 0.4) is 0 Å². The summed E-state index contributed by atoms with van der Waals surface area (Å²) < 4.78 is 6.31. The molecule has 0 N–H and O–H groups in total. The second-order valence-corrected chi connectivity index (χ2v) is 16.8. The van der Waals surface area contributed by atoms with Crippen LogP contribution in [0.15, 0.2) is 36.0 Å². The minimum atomic E-state index is -1.58. The average molecular weight is 457 g/mol. The third-order valence-electron chi connectivity index (χ3n) is 8.80. The lowest BCUT2D eigenvalue weighted by atomic mass is 9.78. The first-order chi connectivity index (χ1) is 15.2. The Morgan fingerprint density at radius 3 is 2.38 bits per heavy atom. The zero-order chi connectivity index (χ0) is 23.4. The van der Waals surface area contributed by atoms with E-state index < -0.39 is 8.32 Å². The summed E-state index contributed by atoms with van der Waals surface area (Å²) >= 11 is 0. The van der Waals surface area contributed by atoms with Crippen LogP contribution in [0.4, 0.5) is 0 Å². The molecule has 2 saturated carbocycles. The summed E-state index contributed by atoms with van der Waals surface area (Å²) in [5.41, 5.74) is 1.14. The molecule has 0 aliphatic heterocycles. The number of carbonyl (C=O) groups excluding carboxylic acids is 1. The van der Waals surface area contributed by atoms with Crippen LogP contribution in [0.25, 0.3) is 0 Å². The smallest absolute Gasteiger partial charge is 0.191 e. The normalized spacial score (nSPS) is 30.9. The molecule has 180 valence electrons. The van der Waals surface area contributed by atoms with Crippen LogP contribution < -0.4 is 0 Å². The Bertz CT molecular complexity index is 724. The lowest BCUT2D eigenvalue weighted by Gasteiger charge is -2.36. The maximum absolute atomic E-state index is 13.2. The van der Waals surface area contributed by atoms with Crippen molar-refractivity contribution in [1.82, 2.24) is 0 Å². The first-order valence-electron chi connectivity index (χ1n) is 13.4. The van der Waals surface area contributed by atoms with Crippen molar-refractivity contribution in [2.45, 2.75) is 104 Å². The number of fused-ring (bicyclic) bond motifs is 5. The number of ketones is 1. The van der Waals surface area contributed by atoms with Crippen molar-refractivity contribution < 1.29 is 9.22 Å². The van der Waals surface area contributed by atoms with E-state index in [0.717, 1.165) is 18.6 Å². The van der Waals surface area contributed by atoms with Crippen LogP contribution in [0, 0.1) is 29.6 Å². The van der Waals surface area contributed by atoms with Gasteiger partial charge in [0.25, 0.3) is 0 Å². The molecular formula is C29H48O2Si. The van der Waals surface area contributed by atoms with Gasteiger partial charge in [0.05, 0.1) is 0 Å². The maximum Gasteiger partial charge on any atom is 0.191 e. The molecule has 2 bridgehead atoms. The van der Waals surface area contributed by atoms with Crippen molar-refractivity contribution in [3.05, 3.63) is 36.0 Å². The van der Waals surface area contributed by atoms with Gasteiger partial charge < -0.3 is 4.43 Å². The Kier molecular flexibility index (Phi) is 8.83. The highest BCUT2D eigenvalue weighted by Gasteiger charge is 2.57. The van der Waals surface area contributed by atoms with E-state index in [9.17, 15) is 4.79 Å². The number of carbonyl (C=O) groups is 1. The van der Waals surface area contributed by atoms with Gasteiger partial charge in [0, 0.05) is 12.5 Å². The quantitative estimate of drug-likeness (QED) is 0.128. The highest BCUT2D eigenvalue weighted by Crippen LogP contribution is 2.59. The molecular weight excluding hydrogens is 408 g/mol. The lowest BCUT2D eigenvalue weighted by molar-refractivity contribution is -0.119.